The minimum atomic E-state index is -0.997. The van der Waals surface area contributed by atoms with E-state index in [1.54, 1.807) is 31.3 Å². The van der Waals surface area contributed by atoms with Crippen molar-refractivity contribution in [3.05, 3.63) is 47.3 Å². The van der Waals surface area contributed by atoms with E-state index in [4.69, 9.17) is 0 Å². The van der Waals surface area contributed by atoms with E-state index >= 15 is 0 Å². The van der Waals surface area contributed by atoms with Crippen LogP contribution >= 0.6 is 0 Å². The van der Waals surface area contributed by atoms with Gasteiger partial charge in [-0.1, -0.05) is 6.07 Å². The minimum Gasteiger partial charge on any atom is -0.380 e. The lowest BCUT2D eigenvalue weighted by Gasteiger charge is -2.31. The monoisotopic (exact) mass is 492 g/mol. The Kier molecular flexibility index (Phi) is 6.29. The minimum absolute atomic E-state index is 0.0781. The van der Waals surface area contributed by atoms with Crippen molar-refractivity contribution in [2.45, 2.75) is 51.7 Å². The molecular formula is C25H28N6O5. The van der Waals surface area contributed by atoms with Gasteiger partial charge in [-0.05, 0) is 37.3 Å². The van der Waals surface area contributed by atoms with Gasteiger partial charge in [0, 0.05) is 57.0 Å². The standard InChI is InChI=1S/C25H28N6O5/c1-15(32)29-9-7-16(8-10-29)13-30-14-17(12-27-30)11-26-19-4-2-3-18-22(19)25(36)31(24(18)35)20-5-6-21(33)28-23(20)34/h2-4,12,14,16,20,26H,5-11,13H2,1H3,(H,28,33,34). The van der Waals surface area contributed by atoms with Gasteiger partial charge in [0.25, 0.3) is 11.8 Å². The van der Waals surface area contributed by atoms with Crippen molar-refractivity contribution in [3.8, 4) is 0 Å². The number of imide groups is 2. The smallest absolute Gasteiger partial charge is 0.264 e. The molecule has 1 aromatic carbocycles. The molecule has 2 N–H and O–H groups in total. The van der Waals surface area contributed by atoms with Crippen LogP contribution in [0.4, 0.5) is 5.69 Å². The highest BCUT2D eigenvalue weighted by molar-refractivity contribution is 6.25. The molecule has 1 aromatic heterocycles. The maximum Gasteiger partial charge on any atom is 0.264 e. The van der Waals surface area contributed by atoms with Crippen LogP contribution in [0.5, 0.6) is 0 Å². The van der Waals surface area contributed by atoms with Gasteiger partial charge in [0.15, 0.2) is 0 Å². The second kappa shape index (κ2) is 9.56. The molecule has 2 fully saturated rings. The summed E-state index contributed by atoms with van der Waals surface area (Å²) in [5.74, 6) is -1.53. The number of piperidine rings is 2. The number of rotatable bonds is 6. The van der Waals surface area contributed by atoms with Crippen LogP contribution < -0.4 is 10.6 Å². The maximum absolute atomic E-state index is 13.2. The van der Waals surface area contributed by atoms with Crippen LogP contribution in [0.3, 0.4) is 0 Å². The molecule has 1 unspecified atom stereocenters. The molecule has 3 aliphatic heterocycles. The molecule has 0 saturated carbocycles. The van der Waals surface area contributed by atoms with Crippen LogP contribution in [0, 0.1) is 5.92 Å². The Labute approximate surface area is 207 Å². The number of nitrogens with zero attached hydrogens (tertiary/aromatic N) is 4. The molecule has 2 aromatic rings. The summed E-state index contributed by atoms with van der Waals surface area (Å²) in [4.78, 5) is 64.4. The highest BCUT2D eigenvalue weighted by atomic mass is 16.2. The molecule has 0 spiro atoms. The van der Waals surface area contributed by atoms with E-state index in [1.165, 1.54) is 0 Å². The quantitative estimate of drug-likeness (QED) is 0.578. The molecule has 36 heavy (non-hydrogen) atoms. The summed E-state index contributed by atoms with van der Waals surface area (Å²) in [6.07, 6.45) is 5.81. The van der Waals surface area contributed by atoms with Gasteiger partial charge in [-0.2, -0.15) is 5.10 Å². The molecular weight excluding hydrogens is 464 g/mol. The molecule has 5 rings (SSSR count). The number of fused-ring (bicyclic) bond motifs is 1. The van der Waals surface area contributed by atoms with Crippen molar-refractivity contribution < 1.29 is 24.0 Å². The summed E-state index contributed by atoms with van der Waals surface area (Å²) in [7, 11) is 0. The molecule has 188 valence electrons. The Morgan fingerprint density at radius 1 is 1.11 bits per heavy atom. The molecule has 4 heterocycles. The lowest BCUT2D eigenvalue weighted by Crippen LogP contribution is -2.54. The summed E-state index contributed by atoms with van der Waals surface area (Å²) >= 11 is 0. The third-order valence-electron chi connectivity index (χ3n) is 7.14. The number of nitrogens with one attached hydrogen (secondary N) is 2. The van der Waals surface area contributed by atoms with E-state index in [9.17, 15) is 24.0 Å². The van der Waals surface area contributed by atoms with Crippen LogP contribution in [0.15, 0.2) is 30.6 Å². The fourth-order valence-electron chi connectivity index (χ4n) is 5.15. The first kappa shape index (κ1) is 23.7. The fourth-order valence-corrected chi connectivity index (χ4v) is 5.15. The van der Waals surface area contributed by atoms with E-state index < -0.39 is 29.7 Å². The summed E-state index contributed by atoms with van der Waals surface area (Å²) in [5, 5.41) is 9.90. The Bertz CT molecular complexity index is 1250. The van der Waals surface area contributed by atoms with Gasteiger partial charge in [0.2, 0.25) is 17.7 Å². The number of likely N-dealkylation sites (tertiary alicyclic amines) is 1. The number of aromatic nitrogens is 2. The number of carbonyl (C=O) groups excluding carboxylic acids is 5. The number of carbonyl (C=O) groups is 5. The van der Waals surface area contributed by atoms with Gasteiger partial charge < -0.3 is 10.2 Å². The topological polar surface area (TPSA) is 134 Å². The van der Waals surface area contributed by atoms with Gasteiger partial charge in [0.1, 0.15) is 6.04 Å². The third kappa shape index (κ3) is 4.48. The van der Waals surface area contributed by atoms with Gasteiger partial charge in [-0.25, -0.2) is 0 Å². The van der Waals surface area contributed by atoms with Crippen molar-refractivity contribution in [3.63, 3.8) is 0 Å². The van der Waals surface area contributed by atoms with Gasteiger partial charge in [0.05, 0.1) is 17.3 Å². The molecule has 5 amide bonds. The third-order valence-corrected chi connectivity index (χ3v) is 7.14. The molecule has 2 saturated heterocycles. The zero-order chi connectivity index (χ0) is 25.4. The number of hydrogen-bond acceptors (Lipinski definition) is 7. The number of amides is 5. The molecule has 1 atom stereocenters. The maximum atomic E-state index is 13.2. The molecule has 11 nitrogen and oxygen atoms in total. The second-order valence-corrected chi connectivity index (χ2v) is 9.55. The second-order valence-electron chi connectivity index (χ2n) is 9.55. The number of hydrogen-bond donors (Lipinski definition) is 2. The Morgan fingerprint density at radius 3 is 2.61 bits per heavy atom. The Morgan fingerprint density at radius 2 is 1.89 bits per heavy atom. The van der Waals surface area contributed by atoms with Crippen molar-refractivity contribution in [1.82, 2.24) is 24.9 Å². The zero-order valence-electron chi connectivity index (χ0n) is 20.0. The molecule has 0 bridgehead atoms. The predicted molar refractivity (Wildman–Crippen MR) is 128 cm³/mol. The van der Waals surface area contributed by atoms with E-state index in [0.29, 0.717) is 18.2 Å². The lowest BCUT2D eigenvalue weighted by molar-refractivity contribution is -0.136. The van der Waals surface area contributed by atoms with Crippen molar-refractivity contribution >= 4 is 35.2 Å². The number of benzene rings is 1. The van der Waals surface area contributed by atoms with E-state index in [-0.39, 0.29) is 29.9 Å². The first-order chi connectivity index (χ1) is 17.3. The summed E-state index contributed by atoms with van der Waals surface area (Å²) in [6, 6.07) is 3.99. The molecule has 3 aliphatic rings. The van der Waals surface area contributed by atoms with Gasteiger partial charge >= 0.3 is 0 Å². The summed E-state index contributed by atoms with van der Waals surface area (Å²) in [5.41, 5.74) is 1.90. The van der Waals surface area contributed by atoms with Crippen LogP contribution in [0.1, 0.15) is 58.9 Å². The summed E-state index contributed by atoms with van der Waals surface area (Å²) < 4.78 is 1.90. The SMILES string of the molecule is CC(=O)N1CCC(Cn2cc(CNc3cccc4c3C(=O)N(C3CCC(=O)NC3=O)C4=O)cn2)CC1. The molecule has 11 heteroatoms. The highest BCUT2D eigenvalue weighted by Crippen LogP contribution is 2.32. The zero-order valence-corrected chi connectivity index (χ0v) is 20.0. The van der Waals surface area contributed by atoms with E-state index in [2.05, 4.69) is 15.7 Å². The largest absolute Gasteiger partial charge is 0.380 e. The summed E-state index contributed by atoms with van der Waals surface area (Å²) in [6.45, 7) is 4.33. The van der Waals surface area contributed by atoms with Crippen molar-refractivity contribution in [2.24, 2.45) is 5.92 Å². The fraction of sp³-hybridized carbons (Fsp3) is 0.440. The van der Waals surface area contributed by atoms with Crippen LogP contribution in [0.25, 0.3) is 0 Å². The first-order valence-corrected chi connectivity index (χ1v) is 12.2. The van der Waals surface area contributed by atoms with Crippen molar-refractivity contribution in [2.75, 3.05) is 18.4 Å². The van der Waals surface area contributed by atoms with Gasteiger partial charge in [-0.3, -0.25) is 38.9 Å². The molecule has 0 radical (unpaired) electrons. The average Bonchev–Trinajstić information content (AvgIpc) is 3.40. The normalized spacial score (nSPS) is 20.5. The van der Waals surface area contributed by atoms with Gasteiger partial charge in [-0.15, -0.1) is 0 Å². The van der Waals surface area contributed by atoms with Crippen LogP contribution in [-0.4, -0.2) is 68.2 Å². The van der Waals surface area contributed by atoms with E-state index in [1.807, 2.05) is 15.8 Å². The predicted octanol–water partition coefficient (Wildman–Crippen LogP) is 1.15. The first-order valence-electron chi connectivity index (χ1n) is 12.2. The Balaban J connectivity index is 1.23. The highest BCUT2D eigenvalue weighted by Gasteiger charge is 2.45. The molecule has 0 aliphatic carbocycles. The van der Waals surface area contributed by atoms with Crippen molar-refractivity contribution in [1.29, 1.82) is 0 Å². The average molecular weight is 493 g/mol. The van der Waals surface area contributed by atoms with Crippen LogP contribution in [0.2, 0.25) is 0 Å². The van der Waals surface area contributed by atoms with E-state index in [0.717, 1.165) is 42.9 Å². The Hall–Kier alpha value is -4.02. The van der Waals surface area contributed by atoms with Crippen LogP contribution in [-0.2, 0) is 27.5 Å². The number of anilines is 1. The lowest BCUT2D eigenvalue weighted by atomic mass is 9.97.